The van der Waals surface area contributed by atoms with Crippen molar-refractivity contribution >= 4 is 24.0 Å². The number of esters is 1. The number of carbonyl (C=O) groups excluding carboxylic acids is 3. The van der Waals surface area contributed by atoms with Crippen molar-refractivity contribution in [1.29, 1.82) is 0 Å². The van der Waals surface area contributed by atoms with Crippen LogP contribution in [0.3, 0.4) is 0 Å². The van der Waals surface area contributed by atoms with Gasteiger partial charge in [0.25, 0.3) is 5.91 Å². The number of carbonyl (C=O) groups is 3. The number of methoxy groups -OCH3 is 1. The van der Waals surface area contributed by atoms with Crippen LogP contribution in [0.2, 0.25) is 0 Å². The number of hydrogen-bond acceptors (Lipinski definition) is 7. The van der Waals surface area contributed by atoms with E-state index in [9.17, 15) is 14.4 Å². The van der Waals surface area contributed by atoms with Crippen molar-refractivity contribution in [2.24, 2.45) is 0 Å². The molecule has 0 saturated heterocycles. The minimum absolute atomic E-state index is 0.128. The van der Waals surface area contributed by atoms with E-state index < -0.39 is 24.6 Å². The summed E-state index contributed by atoms with van der Waals surface area (Å²) in [6.07, 6.45) is 3.36. The highest BCUT2D eigenvalue weighted by Gasteiger charge is 2.10. The van der Waals surface area contributed by atoms with Gasteiger partial charge in [-0.2, -0.15) is 0 Å². The molecular weight excluding hydrogens is 342 g/mol. The summed E-state index contributed by atoms with van der Waals surface area (Å²) in [5.41, 5.74) is 0.667. The Morgan fingerprint density at radius 2 is 1.96 bits per heavy atom. The first kappa shape index (κ1) is 20.8. The summed E-state index contributed by atoms with van der Waals surface area (Å²) in [6.45, 7) is 5.04. The summed E-state index contributed by atoms with van der Waals surface area (Å²) in [5.74, 6) is -0.482. The van der Waals surface area contributed by atoms with Crippen LogP contribution in [0.15, 0.2) is 36.9 Å². The van der Waals surface area contributed by atoms with E-state index in [1.165, 1.54) is 13.2 Å². The van der Waals surface area contributed by atoms with Crippen LogP contribution >= 0.6 is 0 Å². The van der Waals surface area contributed by atoms with Crippen LogP contribution in [0.25, 0.3) is 6.08 Å². The molecule has 0 bridgehead atoms. The summed E-state index contributed by atoms with van der Waals surface area (Å²) in [6, 6.07) is 5.09. The Kier molecular flexibility index (Phi) is 9.02. The van der Waals surface area contributed by atoms with E-state index in [2.05, 4.69) is 11.3 Å². The molecule has 0 atom stereocenters. The second-order valence-corrected chi connectivity index (χ2v) is 4.72. The number of amides is 2. The van der Waals surface area contributed by atoms with Gasteiger partial charge in [-0.25, -0.2) is 9.59 Å². The third-order valence-corrected chi connectivity index (χ3v) is 2.82. The number of rotatable bonds is 9. The molecular formula is C18H21NO7. The van der Waals surface area contributed by atoms with Crippen LogP contribution in [-0.2, 0) is 19.1 Å². The molecule has 8 nitrogen and oxygen atoms in total. The zero-order valence-electron chi connectivity index (χ0n) is 14.7. The first-order valence-corrected chi connectivity index (χ1v) is 7.73. The Morgan fingerprint density at radius 1 is 1.19 bits per heavy atom. The van der Waals surface area contributed by atoms with Crippen molar-refractivity contribution in [2.45, 2.75) is 6.92 Å². The molecule has 0 unspecified atom stereocenters. The lowest BCUT2D eigenvalue weighted by atomic mass is 10.2. The van der Waals surface area contributed by atoms with E-state index in [1.54, 1.807) is 31.2 Å². The summed E-state index contributed by atoms with van der Waals surface area (Å²) < 4.78 is 19.9. The van der Waals surface area contributed by atoms with Gasteiger partial charge in [0.05, 0.1) is 13.7 Å². The number of hydrogen-bond donors (Lipinski definition) is 1. The van der Waals surface area contributed by atoms with Crippen LogP contribution < -0.4 is 14.8 Å². The van der Waals surface area contributed by atoms with Crippen molar-refractivity contribution in [3.63, 3.8) is 0 Å². The molecule has 2 amide bonds. The second kappa shape index (κ2) is 11.3. The fraction of sp³-hybridized carbons (Fsp3) is 0.278. The van der Waals surface area contributed by atoms with Crippen LogP contribution in [0.5, 0.6) is 11.5 Å². The number of benzene rings is 1. The van der Waals surface area contributed by atoms with Crippen molar-refractivity contribution in [2.75, 3.05) is 26.9 Å². The maximum absolute atomic E-state index is 11.6. The molecule has 8 heteroatoms. The Morgan fingerprint density at radius 3 is 2.62 bits per heavy atom. The van der Waals surface area contributed by atoms with Gasteiger partial charge in [-0.1, -0.05) is 18.7 Å². The quantitative estimate of drug-likeness (QED) is 0.407. The molecule has 0 radical (unpaired) electrons. The van der Waals surface area contributed by atoms with Crippen LogP contribution in [0.4, 0.5) is 4.79 Å². The smallest absolute Gasteiger partial charge is 0.413 e. The van der Waals surface area contributed by atoms with E-state index >= 15 is 0 Å². The largest absolute Gasteiger partial charge is 0.493 e. The van der Waals surface area contributed by atoms with E-state index in [-0.39, 0.29) is 6.61 Å². The molecule has 140 valence electrons. The van der Waals surface area contributed by atoms with Gasteiger partial charge in [-0.15, -0.1) is 0 Å². The highest BCUT2D eigenvalue weighted by atomic mass is 16.6. The monoisotopic (exact) mass is 363 g/mol. The van der Waals surface area contributed by atoms with E-state index in [0.717, 1.165) is 6.08 Å². The molecule has 0 aliphatic rings. The standard InChI is InChI=1S/C18H21NO7/c1-4-10-25-14-8-6-13(11-15(14)23-3)7-9-17(21)26-12-16(20)19-18(22)24-5-2/h4,6-9,11H,1,5,10,12H2,2-3H3,(H,19,20,22)/b9-7+. The topological polar surface area (TPSA) is 100 Å². The molecule has 0 aromatic heterocycles. The van der Waals surface area contributed by atoms with Crippen LogP contribution in [0.1, 0.15) is 12.5 Å². The number of imide groups is 1. The molecule has 1 rings (SSSR count). The van der Waals surface area contributed by atoms with Gasteiger partial charge in [0.2, 0.25) is 0 Å². The first-order chi connectivity index (χ1) is 12.5. The molecule has 26 heavy (non-hydrogen) atoms. The molecule has 0 aliphatic carbocycles. The normalized spacial score (nSPS) is 10.1. The summed E-state index contributed by atoms with van der Waals surface area (Å²) >= 11 is 0. The van der Waals surface area contributed by atoms with Gasteiger partial charge in [0, 0.05) is 6.08 Å². The summed E-state index contributed by atoms with van der Waals surface area (Å²) in [5, 5.41) is 1.91. The van der Waals surface area contributed by atoms with Gasteiger partial charge < -0.3 is 18.9 Å². The van der Waals surface area contributed by atoms with Gasteiger partial charge in [-0.05, 0) is 30.7 Å². The Bertz CT molecular complexity index is 682. The highest BCUT2D eigenvalue weighted by molar-refractivity contribution is 5.94. The van der Waals surface area contributed by atoms with Crippen molar-refractivity contribution in [3.05, 3.63) is 42.5 Å². The molecule has 1 aromatic carbocycles. The van der Waals surface area contributed by atoms with E-state index in [0.29, 0.717) is 23.7 Å². The fourth-order valence-electron chi connectivity index (χ4n) is 1.72. The maximum Gasteiger partial charge on any atom is 0.413 e. The zero-order chi connectivity index (χ0) is 19.4. The number of alkyl carbamates (subject to hydrolysis) is 1. The minimum Gasteiger partial charge on any atom is -0.493 e. The molecule has 0 spiro atoms. The van der Waals surface area contributed by atoms with Crippen molar-refractivity contribution in [1.82, 2.24) is 5.32 Å². The lowest BCUT2D eigenvalue weighted by molar-refractivity contribution is -0.143. The Labute approximate surface area is 151 Å². The third-order valence-electron chi connectivity index (χ3n) is 2.82. The first-order valence-electron chi connectivity index (χ1n) is 7.73. The van der Waals surface area contributed by atoms with E-state index in [4.69, 9.17) is 14.2 Å². The third kappa shape index (κ3) is 7.52. The van der Waals surface area contributed by atoms with Crippen LogP contribution in [0, 0.1) is 0 Å². The molecule has 1 aromatic rings. The fourth-order valence-corrected chi connectivity index (χ4v) is 1.72. The van der Waals surface area contributed by atoms with Crippen molar-refractivity contribution in [3.8, 4) is 11.5 Å². The van der Waals surface area contributed by atoms with Crippen molar-refractivity contribution < 1.29 is 33.3 Å². The van der Waals surface area contributed by atoms with Gasteiger partial charge in [-0.3, -0.25) is 10.1 Å². The maximum atomic E-state index is 11.6. The second-order valence-electron chi connectivity index (χ2n) is 4.72. The molecule has 1 N–H and O–H groups in total. The average molecular weight is 363 g/mol. The Hall–Kier alpha value is -3.29. The number of ether oxygens (including phenoxy) is 4. The van der Waals surface area contributed by atoms with E-state index in [1.807, 2.05) is 5.32 Å². The molecule has 0 heterocycles. The SMILES string of the molecule is C=CCOc1ccc(/C=C/C(=O)OCC(=O)NC(=O)OCC)cc1OC. The van der Waals surface area contributed by atoms with Gasteiger partial charge in [0.15, 0.2) is 18.1 Å². The highest BCUT2D eigenvalue weighted by Crippen LogP contribution is 2.28. The zero-order valence-corrected chi connectivity index (χ0v) is 14.7. The number of nitrogens with one attached hydrogen (secondary N) is 1. The molecule has 0 saturated carbocycles. The molecule has 0 fully saturated rings. The molecule has 0 aliphatic heterocycles. The van der Waals surface area contributed by atoms with Crippen LogP contribution in [-0.4, -0.2) is 44.9 Å². The van der Waals surface area contributed by atoms with Gasteiger partial charge >= 0.3 is 12.1 Å². The predicted octanol–water partition coefficient (Wildman–Crippen LogP) is 2.09. The lowest BCUT2D eigenvalue weighted by Gasteiger charge is -2.09. The average Bonchev–Trinajstić information content (AvgIpc) is 2.63. The van der Waals surface area contributed by atoms with Gasteiger partial charge in [0.1, 0.15) is 6.61 Å². The summed E-state index contributed by atoms with van der Waals surface area (Å²) in [4.78, 5) is 34.0. The lowest BCUT2D eigenvalue weighted by Crippen LogP contribution is -2.34. The predicted molar refractivity (Wildman–Crippen MR) is 93.8 cm³/mol. The minimum atomic E-state index is -0.894. The summed E-state index contributed by atoms with van der Waals surface area (Å²) in [7, 11) is 1.50. The Balaban J connectivity index is 2.55.